The SMILES string of the molecule is Cc1c(Cl)ccc(C(O)C(C)N)c1F. The molecule has 2 atom stereocenters. The lowest BCUT2D eigenvalue weighted by Crippen LogP contribution is -2.25. The molecule has 4 heteroatoms. The second-order valence-corrected chi connectivity index (χ2v) is 3.79. The molecule has 3 N–H and O–H groups in total. The molecular formula is C10H13ClFNO. The molecule has 78 valence electrons. The minimum Gasteiger partial charge on any atom is -0.387 e. The van der Waals surface area contributed by atoms with E-state index in [2.05, 4.69) is 0 Å². The van der Waals surface area contributed by atoms with Crippen molar-refractivity contribution < 1.29 is 9.50 Å². The Morgan fingerprint density at radius 2 is 2.07 bits per heavy atom. The van der Waals surface area contributed by atoms with Crippen LogP contribution in [0.1, 0.15) is 24.2 Å². The van der Waals surface area contributed by atoms with Crippen LogP contribution in [0.5, 0.6) is 0 Å². The van der Waals surface area contributed by atoms with Crippen LogP contribution in [0.25, 0.3) is 0 Å². The van der Waals surface area contributed by atoms with Gasteiger partial charge in [-0.15, -0.1) is 0 Å². The van der Waals surface area contributed by atoms with E-state index in [0.29, 0.717) is 10.6 Å². The van der Waals surface area contributed by atoms with Crippen molar-refractivity contribution >= 4 is 11.6 Å². The highest BCUT2D eigenvalue weighted by molar-refractivity contribution is 6.31. The first-order valence-corrected chi connectivity index (χ1v) is 4.71. The van der Waals surface area contributed by atoms with Crippen molar-refractivity contribution in [3.63, 3.8) is 0 Å². The monoisotopic (exact) mass is 217 g/mol. The molecule has 2 nitrogen and oxygen atoms in total. The molecular weight excluding hydrogens is 205 g/mol. The van der Waals surface area contributed by atoms with Gasteiger partial charge in [-0.1, -0.05) is 17.7 Å². The summed E-state index contributed by atoms with van der Waals surface area (Å²) in [6.45, 7) is 3.18. The van der Waals surface area contributed by atoms with Crippen molar-refractivity contribution in [1.82, 2.24) is 0 Å². The zero-order valence-electron chi connectivity index (χ0n) is 8.09. The number of benzene rings is 1. The molecule has 0 fully saturated rings. The maximum absolute atomic E-state index is 13.6. The smallest absolute Gasteiger partial charge is 0.133 e. The summed E-state index contributed by atoms with van der Waals surface area (Å²) in [5, 5.41) is 9.94. The van der Waals surface area contributed by atoms with E-state index in [9.17, 15) is 9.50 Å². The van der Waals surface area contributed by atoms with Crippen LogP contribution in [0.15, 0.2) is 12.1 Å². The molecule has 0 spiro atoms. The first-order valence-electron chi connectivity index (χ1n) is 4.33. The molecule has 0 radical (unpaired) electrons. The van der Waals surface area contributed by atoms with Gasteiger partial charge in [0.25, 0.3) is 0 Å². The lowest BCUT2D eigenvalue weighted by atomic mass is 10.0. The van der Waals surface area contributed by atoms with Crippen LogP contribution in [0.3, 0.4) is 0 Å². The minimum atomic E-state index is -0.994. The summed E-state index contributed by atoms with van der Waals surface area (Å²) in [6, 6.07) is 2.50. The number of nitrogens with two attached hydrogens (primary N) is 1. The third-order valence-electron chi connectivity index (χ3n) is 2.17. The fourth-order valence-corrected chi connectivity index (χ4v) is 1.34. The van der Waals surface area contributed by atoms with Crippen molar-refractivity contribution in [3.05, 3.63) is 34.1 Å². The van der Waals surface area contributed by atoms with Crippen LogP contribution in [-0.4, -0.2) is 11.1 Å². The lowest BCUT2D eigenvalue weighted by Gasteiger charge is -2.16. The quantitative estimate of drug-likeness (QED) is 0.798. The molecule has 0 aliphatic heterocycles. The highest BCUT2D eigenvalue weighted by Crippen LogP contribution is 2.26. The Bertz CT molecular complexity index is 341. The normalized spacial score (nSPS) is 15.3. The van der Waals surface area contributed by atoms with Crippen molar-refractivity contribution in [2.24, 2.45) is 5.73 Å². The second-order valence-electron chi connectivity index (χ2n) is 3.38. The molecule has 0 aliphatic carbocycles. The molecule has 0 heterocycles. The Balaban J connectivity index is 3.17. The van der Waals surface area contributed by atoms with Crippen LogP contribution in [0.4, 0.5) is 4.39 Å². The minimum absolute atomic E-state index is 0.196. The molecule has 2 unspecified atom stereocenters. The Morgan fingerprint density at radius 1 is 1.50 bits per heavy atom. The average molecular weight is 218 g/mol. The summed E-state index contributed by atoms with van der Waals surface area (Å²) in [5.74, 6) is -0.484. The van der Waals surface area contributed by atoms with Gasteiger partial charge >= 0.3 is 0 Å². The van der Waals surface area contributed by atoms with Gasteiger partial charge in [-0.25, -0.2) is 4.39 Å². The van der Waals surface area contributed by atoms with E-state index in [0.717, 1.165) is 0 Å². The predicted molar refractivity (Wildman–Crippen MR) is 54.8 cm³/mol. The van der Waals surface area contributed by atoms with Gasteiger partial charge in [-0.05, 0) is 19.9 Å². The van der Waals surface area contributed by atoms with Gasteiger partial charge < -0.3 is 10.8 Å². The summed E-state index contributed by atoms with van der Waals surface area (Å²) < 4.78 is 13.6. The average Bonchev–Trinajstić information content (AvgIpc) is 2.13. The van der Waals surface area contributed by atoms with Gasteiger partial charge in [0.15, 0.2) is 0 Å². The zero-order valence-corrected chi connectivity index (χ0v) is 8.85. The first-order chi connectivity index (χ1) is 6.45. The van der Waals surface area contributed by atoms with Gasteiger partial charge in [-0.2, -0.15) is 0 Å². The standard InChI is InChI=1S/C10H13ClFNO/c1-5-8(11)4-3-7(9(5)12)10(14)6(2)13/h3-4,6,10,14H,13H2,1-2H3. The van der Waals surface area contributed by atoms with Crippen molar-refractivity contribution in [2.45, 2.75) is 26.0 Å². The summed E-state index contributed by atoms with van der Waals surface area (Å²) in [4.78, 5) is 0. The number of hydrogen-bond donors (Lipinski definition) is 2. The topological polar surface area (TPSA) is 46.2 Å². The Morgan fingerprint density at radius 3 is 2.57 bits per heavy atom. The van der Waals surface area contributed by atoms with Gasteiger partial charge in [0.1, 0.15) is 5.82 Å². The molecule has 0 saturated heterocycles. The van der Waals surface area contributed by atoms with Crippen LogP contribution in [-0.2, 0) is 0 Å². The summed E-state index contributed by atoms with van der Waals surface area (Å²) in [5.41, 5.74) is 6.01. The molecule has 0 saturated carbocycles. The van der Waals surface area contributed by atoms with E-state index in [-0.39, 0.29) is 5.56 Å². The molecule has 0 aromatic heterocycles. The van der Waals surface area contributed by atoms with E-state index in [4.69, 9.17) is 17.3 Å². The predicted octanol–water partition coefficient (Wildman–Crippen LogP) is 2.17. The van der Waals surface area contributed by atoms with E-state index < -0.39 is 18.0 Å². The number of aliphatic hydroxyl groups is 1. The van der Waals surface area contributed by atoms with E-state index in [1.165, 1.54) is 6.07 Å². The van der Waals surface area contributed by atoms with E-state index in [1.54, 1.807) is 19.9 Å². The third kappa shape index (κ3) is 2.05. The summed E-state index contributed by atoms with van der Waals surface area (Å²) in [6.07, 6.45) is -0.994. The van der Waals surface area contributed by atoms with Gasteiger partial charge in [0.2, 0.25) is 0 Å². The fourth-order valence-electron chi connectivity index (χ4n) is 1.19. The second kappa shape index (κ2) is 4.26. The number of rotatable bonds is 2. The Labute approximate surface area is 87.5 Å². The maximum atomic E-state index is 13.6. The maximum Gasteiger partial charge on any atom is 0.133 e. The van der Waals surface area contributed by atoms with Crippen molar-refractivity contribution in [1.29, 1.82) is 0 Å². The van der Waals surface area contributed by atoms with Crippen LogP contribution in [0.2, 0.25) is 5.02 Å². The van der Waals surface area contributed by atoms with Crippen LogP contribution in [0, 0.1) is 12.7 Å². The molecule has 1 aromatic carbocycles. The largest absolute Gasteiger partial charge is 0.387 e. The van der Waals surface area contributed by atoms with E-state index >= 15 is 0 Å². The number of aliphatic hydroxyl groups excluding tert-OH is 1. The highest BCUT2D eigenvalue weighted by Gasteiger charge is 2.18. The van der Waals surface area contributed by atoms with Crippen molar-refractivity contribution in [3.8, 4) is 0 Å². The Hall–Kier alpha value is -0.640. The zero-order chi connectivity index (χ0) is 10.9. The number of hydrogen-bond acceptors (Lipinski definition) is 2. The lowest BCUT2D eigenvalue weighted by molar-refractivity contribution is 0.149. The van der Waals surface area contributed by atoms with Gasteiger partial charge in [-0.3, -0.25) is 0 Å². The highest BCUT2D eigenvalue weighted by atomic mass is 35.5. The summed E-state index contributed by atoms with van der Waals surface area (Å²) >= 11 is 5.72. The Kier molecular flexibility index (Phi) is 3.48. The van der Waals surface area contributed by atoms with Crippen LogP contribution < -0.4 is 5.73 Å². The third-order valence-corrected chi connectivity index (χ3v) is 2.58. The molecule has 0 aliphatic rings. The van der Waals surface area contributed by atoms with E-state index in [1.807, 2.05) is 0 Å². The molecule has 0 bridgehead atoms. The van der Waals surface area contributed by atoms with Gasteiger partial charge in [0, 0.05) is 22.2 Å². The van der Waals surface area contributed by atoms with Crippen molar-refractivity contribution in [2.75, 3.05) is 0 Å². The first kappa shape index (κ1) is 11.4. The molecule has 0 amide bonds. The molecule has 14 heavy (non-hydrogen) atoms. The number of halogens is 2. The van der Waals surface area contributed by atoms with Gasteiger partial charge in [0.05, 0.1) is 6.10 Å². The van der Waals surface area contributed by atoms with Crippen LogP contribution >= 0.6 is 11.6 Å². The molecule has 1 rings (SSSR count). The molecule has 1 aromatic rings. The summed E-state index contributed by atoms with van der Waals surface area (Å²) in [7, 11) is 0. The fraction of sp³-hybridized carbons (Fsp3) is 0.400.